The molecule has 8 nitrogen and oxygen atoms in total. The van der Waals surface area contributed by atoms with Crippen molar-refractivity contribution in [1.29, 1.82) is 0 Å². The summed E-state index contributed by atoms with van der Waals surface area (Å²) in [7, 11) is -3.80. The van der Waals surface area contributed by atoms with Crippen molar-refractivity contribution < 1.29 is 18.0 Å². The molecule has 31 heavy (non-hydrogen) atoms. The van der Waals surface area contributed by atoms with Gasteiger partial charge in [0.05, 0.1) is 4.90 Å². The van der Waals surface area contributed by atoms with E-state index in [-0.39, 0.29) is 16.7 Å². The van der Waals surface area contributed by atoms with Crippen LogP contribution < -0.4 is 15.4 Å². The fraction of sp³-hybridized carbons (Fsp3) is 0.136. The van der Waals surface area contributed by atoms with Gasteiger partial charge < -0.3 is 10.6 Å². The van der Waals surface area contributed by atoms with E-state index in [0.29, 0.717) is 22.5 Å². The van der Waals surface area contributed by atoms with E-state index in [1.807, 2.05) is 0 Å². The van der Waals surface area contributed by atoms with Gasteiger partial charge in [-0.25, -0.2) is 13.1 Å². The number of anilines is 2. The Hall–Kier alpha value is -3.56. The third kappa shape index (κ3) is 5.97. The van der Waals surface area contributed by atoms with Crippen LogP contribution in [0.5, 0.6) is 0 Å². The number of sulfonamides is 1. The number of hydrogen-bond acceptors (Lipinski definition) is 5. The van der Waals surface area contributed by atoms with Gasteiger partial charge in [-0.1, -0.05) is 12.1 Å². The number of nitrogens with one attached hydrogen (secondary N) is 3. The Labute approximate surface area is 180 Å². The van der Waals surface area contributed by atoms with Crippen LogP contribution in [0.25, 0.3) is 0 Å². The van der Waals surface area contributed by atoms with Crippen molar-refractivity contribution in [2.75, 3.05) is 10.6 Å². The van der Waals surface area contributed by atoms with Crippen LogP contribution in [0.2, 0.25) is 0 Å². The van der Waals surface area contributed by atoms with E-state index in [4.69, 9.17) is 0 Å². The number of carbonyl (C=O) groups is 2. The molecular weight excluding hydrogens is 416 g/mol. The lowest BCUT2D eigenvalue weighted by Gasteiger charge is -2.16. The summed E-state index contributed by atoms with van der Waals surface area (Å²) in [4.78, 5) is 27.4. The Kier molecular flexibility index (Phi) is 6.78. The molecule has 0 spiro atoms. The summed E-state index contributed by atoms with van der Waals surface area (Å²) in [6.07, 6.45) is 3.03. The van der Waals surface area contributed by atoms with Crippen molar-refractivity contribution >= 4 is 33.2 Å². The largest absolute Gasteiger partial charge is 0.326 e. The van der Waals surface area contributed by atoms with Crippen LogP contribution in [-0.4, -0.2) is 25.2 Å². The second kappa shape index (κ2) is 9.50. The number of amides is 2. The quantitative estimate of drug-likeness (QED) is 0.523. The first kappa shape index (κ1) is 22.1. The summed E-state index contributed by atoms with van der Waals surface area (Å²) in [5.41, 5.74) is 2.21. The predicted octanol–water partition coefficient (Wildman–Crippen LogP) is 3.33. The highest BCUT2D eigenvalue weighted by atomic mass is 32.2. The summed E-state index contributed by atoms with van der Waals surface area (Å²) in [6, 6.07) is 15.5. The third-order valence-electron chi connectivity index (χ3n) is 4.40. The highest BCUT2D eigenvalue weighted by molar-refractivity contribution is 7.89. The van der Waals surface area contributed by atoms with Crippen molar-refractivity contribution in [3.63, 3.8) is 0 Å². The molecule has 0 saturated heterocycles. The fourth-order valence-electron chi connectivity index (χ4n) is 2.88. The van der Waals surface area contributed by atoms with Crippen molar-refractivity contribution in [2.24, 2.45) is 0 Å². The van der Waals surface area contributed by atoms with Gasteiger partial charge in [-0.05, 0) is 61.0 Å². The average Bonchev–Trinajstić information content (AvgIpc) is 2.74. The van der Waals surface area contributed by atoms with E-state index in [1.54, 1.807) is 43.3 Å². The first-order valence-electron chi connectivity index (χ1n) is 9.46. The minimum atomic E-state index is -3.80. The highest BCUT2D eigenvalue weighted by Crippen LogP contribution is 2.21. The number of hydrogen-bond donors (Lipinski definition) is 3. The van der Waals surface area contributed by atoms with Gasteiger partial charge in [0, 0.05) is 42.3 Å². The van der Waals surface area contributed by atoms with E-state index >= 15 is 0 Å². The molecule has 0 aliphatic carbocycles. The minimum absolute atomic E-state index is 0.0688. The smallest absolute Gasteiger partial charge is 0.255 e. The van der Waals surface area contributed by atoms with Gasteiger partial charge >= 0.3 is 0 Å². The van der Waals surface area contributed by atoms with Crippen LogP contribution in [0.1, 0.15) is 35.8 Å². The predicted molar refractivity (Wildman–Crippen MR) is 118 cm³/mol. The zero-order valence-electron chi connectivity index (χ0n) is 17.0. The van der Waals surface area contributed by atoms with E-state index < -0.39 is 16.1 Å². The lowest BCUT2D eigenvalue weighted by molar-refractivity contribution is -0.114. The number of carbonyl (C=O) groups excluding carboxylic acids is 2. The summed E-state index contributed by atoms with van der Waals surface area (Å²) in [5.74, 6) is -0.523. The van der Waals surface area contributed by atoms with E-state index in [1.165, 1.54) is 43.6 Å². The Morgan fingerprint density at radius 1 is 0.903 bits per heavy atom. The van der Waals surface area contributed by atoms with Crippen molar-refractivity contribution in [3.8, 4) is 0 Å². The average molecular weight is 439 g/mol. The van der Waals surface area contributed by atoms with Crippen LogP contribution in [0.15, 0.2) is 78.0 Å². The molecule has 3 aromatic rings. The number of pyridine rings is 1. The van der Waals surface area contributed by atoms with Crippen LogP contribution in [0.3, 0.4) is 0 Å². The van der Waals surface area contributed by atoms with Gasteiger partial charge in [0.25, 0.3) is 5.91 Å². The molecule has 9 heteroatoms. The van der Waals surface area contributed by atoms with Crippen LogP contribution in [0.4, 0.5) is 11.4 Å². The molecule has 3 N–H and O–H groups in total. The molecule has 2 amide bonds. The Bertz CT molecular complexity index is 1180. The molecule has 0 fully saturated rings. The monoisotopic (exact) mass is 438 g/mol. The SMILES string of the molecule is CC(=O)Nc1cccc(C(C)NS(=O)(=O)c2ccc(NC(=O)c3ccncc3)cc2)c1. The molecule has 2 aromatic carbocycles. The molecule has 3 rings (SSSR count). The zero-order valence-corrected chi connectivity index (χ0v) is 17.8. The molecule has 0 bridgehead atoms. The Balaban J connectivity index is 1.69. The van der Waals surface area contributed by atoms with Crippen LogP contribution >= 0.6 is 0 Å². The summed E-state index contributed by atoms with van der Waals surface area (Å²) in [5, 5.41) is 5.38. The van der Waals surface area contributed by atoms with E-state index in [0.717, 1.165) is 0 Å². The number of benzene rings is 2. The molecule has 1 heterocycles. The van der Waals surface area contributed by atoms with Gasteiger partial charge in [-0.3, -0.25) is 14.6 Å². The number of nitrogens with zero attached hydrogens (tertiary/aromatic N) is 1. The molecule has 0 saturated carbocycles. The van der Waals surface area contributed by atoms with E-state index in [2.05, 4.69) is 20.3 Å². The molecular formula is C22H22N4O4S. The Morgan fingerprint density at radius 2 is 1.58 bits per heavy atom. The summed E-state index contributed by atoms with van der Waals surface area (Å²) in [6.45, 7) is 3.12. The van der Waals surface area contributed by atoms with Gasteiger partial charge in [0.2, 0.25) is 15.9 Å². The number of aromatic nitrogens is 1. The van der Waals surface area contributed by atoms with E-state index in [9.17, 15) is 18.0 Å². The van der Waals surface area contributed by atoms with Crippen molar-refractivity contribution in [2.45, 2.75) is 24.8 Å². The molecule has 1 atom stereocenters. The highest BCUT2D eigenvalue weighted by Gasteiger charge is 2.19. The first-order chi connectivity index (χ1) is 14.7. The fourth-order valence-corrected chi connectivity index (χ4v) is 4.11. The first-order valence-corrected chi connectivity index (χ1v) is 10.9. The third-order valence-corrected chi connectivity index (χ3v) is 5.96. The maximum absolute atomic E-state index is 12.8. The zero-order chi connectivity index (χ0) is 22.4. The van der Waals surface area contributed by atoms with Crippen molar-refractivity contribution in [3.05, 3.63) is 84.2 Å². The second-order valence-corrected chi connectivity index (χ2v) is 8.58. The maximum Gasteiger partial charge on any atom is 0.255 e. The van der Waals surface area contributed by atoms with Crippen LogP contribution in [-0.2, 0) is 14.8 Å². The van der Waals surface area contributed by atoms with Crippen molar-refractivity contribution in [1.82, 2.24) is 9.71 Å². The van der Waals surface area contributed by atoms with Gasteiger partial charge in [-0.15, -0.1) is 0 Å². The molecule has 1 unspecified atom stereocenters. The lowest BCUT2D eigenvalue weighted by atomic mass is 10.1. The molecule has 0 radical (unpaired) electrons. The van der Waals surface area contributed by atoms with Gasteiger partial charge in [-0.2, -0.15) is 0 Å². The topological polar surface area (TPSA) is 117 Å². The standard InChI is InChI=1S/C22H22N4O4S/c1-15(18-4-3-5-20(14-18)24-16(2)27)26-31(29,30)21-8-6-19(7-9-21)25-22(28)17-10-12-23-13-11-17/h3-15,26H,1-2H3,(H,24,27)(H,25,28). The normalized spacial score (nSPS) is 12.1. The lowest BCUT2D eigenvalue weighted by Crippen LogP contribution is -2.27. The summed E-state index contributed by atoms with van der Waals surface area (Å²) >= 11 is 0. The van der Waals surface area contributed by atoms with Gasteiger partial charge in [0.15, 0.2) is 0 Å². The molecule has 160 valence electrons. The number of rotatable bonds is 7. The minimum Gasteiger partial charge on any atom is -0.326 e. The van der Waals surface area contributed by atoms with Gasteiger partial charge in [0.1, 0.15) is 0 Å². The molecule has 1 aromatic heterocycles. The Morgan fingerprint density at radius 3 is 2.23 bits per heavy atom. The molecule has 0 aliphatic heterocycles. The maximum atomic E-state index is 12.8. The molecule has 0 aliphatic rings. The van der Waals surface area contributed by atoms with Crippen LogP contribution in [0, 0.1) is 0 Å². The summed E-state index contributed by atoms with van der Waals surface area (Å²) < 4.78 is 28.1. The second-order valence-electron chi connectivity index (χ2n) is 6.86.